The molecule has 0 saturated heterocycles. The van der Waals surface area contributed by atoms with Crippen LogP contribution in [-0.4, -0.2) is 23.1 Å². The number of hydrogen-bond acceptors (Lipinski definition) is 4. The fourth-order valence-corrected chi connectivity index (χ4v) is 4.46. The highest BCUT2D eigenvalue weighted by molar-refractivity contribution is 6.03. The molecule has 0 bridgehead atoms. The number of carbonyl (C=O) groups is 1. The first-order valence-corrected chi connectivity index (χ1v) is 10.3. The molecule has 158 valence electrons. The maximum absolute atomic E-state index is 13.7. The Morgan fingerprint density at radius 2 is 1.87 bits per heavy atom. The van der Waals surface area contributed by atoms with E-state index < -0.39 is 0 Å². The molecule has 2 N–H and O–H groups in total. The van der Waals surface area contributed by atoms with Crippen LogP contribution in [0.2, 0.25) is 0 Å². The average molecular weight is 407 g/mol. The van der Waals surface area contributed by atoms with E-state index in [0.717, 1.165) is 12.0 Å². The molecular weight excluding hydrogens is 376 g/mol. The quantitative estimate of drug-likeness (QED) is 0.455. The zero-order chi connectivity index (χ0) is 21.8. The second kappa shape index (κ2) is 9.21. The van der Waals surface area contributed by atoms with Crippen LogP contribution in [-0.2, 0) is 0 Å². The lowest BCUT2D eigenvalue weighted by Gasteiger charge is -2.37. The summed E-state index contributed by atoms with van der Waals surface area (Å²) in [7, 11) is 1.43. The van der Waals surface area contributed by atoms with Gasteiger partial charge in [-0.3, -0.25) is 4.79 Å². The van der Waals surface area contributed by atoms with Crippen molar-refractivity contribution in [3.63, 3.8) is 0 Å². The van der Waals surface area contributed by atoms with Gasteiger partial charge in [0.25, 0.3) is 0 Å². The Kier molecular flexibility index (Phi) is 6.66. The predicted octanol–water partition coefficient (Wildman–Crippen LogP) is 6.01. The summed E-state index contributed by atoms with van der Waals surface area (Å²) in [5.74, 6) is -0.527. The monoisotopic (exact) mass is 406 g/mol. The van der Waals surface area contributed by atoms with E-state index in [1.807, 2.05) is 18.2 Å². The van der Waals surface area contributed by atoms with Gasteiger partial charge in [-0.2, -0.15) is 0 Å². The van der Waals surface area contributed by atoms with Crippen LogP contribution in [0, 0.1) is 11.8 Å². The molecule has 0 unspecified atom stereocenters. The Morgan fingerprint density at radius 3 is 2.50 bits per heavy atom. The van der Waals surface area contributed by atoms with E-state index in [-0.39, 0.29) is 46.3 Å². The van der Waals surface area contributed by atoms with Crippen molar-refractivity contribution in [1.82, 2.24) is 0 Å². The molecule has 4 heteroatoms. The summed E-state index contributed by atoms with van der Waals surface area (Å²) < 4.78 is 5.32. The van der Waals surface area contributed by atoms with Crippen LogP contribution in [0.4, 0.5) is 0 Å². The number of phenolic OH excluding ortho intramolecular Hbond substituents is 2. The number of methoxy groups -OCH3 is 1. The number of carbonyl (C=O) groups excluding carboxylic acids is 1. The molecule has 3 atom stereocenters. The van der Waals surface area contributed by atoms with Crippen molar-refractivity contribution in [2.24, 2.45) is 11.8 Å². The van der Waals surface area contributed by atoms with Crippen molar-refractivity contribution in [2.45, 2.75) is 39.5 Å². The summed E-state index contributed by atoms with van der Waals surface area (Å²) in [6, 6.07) is 12.7. The molecule has 4 nitrogen and oxygen atoms in total. The molecule has 1 aliphatic carbocycles. The molecule has 0 radical (unpaired) electrons. The molecule has 0 spiro atoms. The predicted molar refractivity (Wildman–Crippen MR) is 119 cm³/mol. The second-order valence-corrected chi connectivity index (χ2v) is 8.26. The van der Waals surface area contributed by atoms with Crippen molar-refractivity contribution in [1.29, 1.82) is 0 Å². The number of benzene rings is 2. The normalized spacial score (nSPS) is 20.9. The highest BCUT2D eigenvalue weighted by Crippen LogP contribution is 2.47. The van der Waals surface area contributed by atoms with Gasteiger partial charge in [-0.1, -0.05) is 53.6 Å². The molecular formula is C26H30O4. The molecule has 0 fully saturated rings. The number of hydrogen-bond donors (Lipinski definition) is 2. The molecule has 2 aromatic carbocycles. The van der Waals surface area contributed by atoms with Crippen molar-refractivity contribution >= 4 is 5.78 Å². The van der Waals surface area contributed by atoms with Crippen molar-refractivity contribution in [3.05, 3.63) is 76.9 Å². The summed E-state index contributed by atoms with van der Waals surface area (Å²) in [4.78, 5) is 13.7. The van der Waals surface area contributed by atoms with Gasteiger partial charge in [-0.25, -0.2) is 0 Å². The highest BCUT2D eigenvalue weighted by Gasteiger charge is 2.39. The number of ether oxygens (including phenoxy) is 1. The topological polar surface area (TPSA) is 66.8 Å². The fourth-order valence-electron chi connectivity index (χ4n) is 4.46. The minimum absolute atomic E-state index is 0.0165. The van der Waals surface area contributed by atoms with Gasteiger partial charge in [0, 0.05) is 24.0 Å². The molecule has 0 aromatic heterocycles. The highest BCUT2D eigenvalue weighted by atomic mass is 16.5. The third kappa shape index (κ3) is 4.43. The number of phenols is 2. The first kappa shape index (κ1) is 21.7. The van der Waals surface area contributed by atoms with Crippen LogP contribution in [0.3, 0.4) is 0 Å². The van der Waals surface area contributed by atoms with E-state index in [4.69, 9.17) is 4.74 Å². The fraction of sp³-hybridized carbons (Fsp3) is 0.346. The largest absolute Gasteiger partial charge is 0.508 e. The van der Waals surface area contributed by atoms with Gasteiger partial charge in [0.05, 0.1) is 7.11 Å². The van der Waals surface area contributed by atoms with Gasteiger partial charge in [-0.15, -0.1) is 0 Å². The zero-order valence-corrected chi connectivity index (χ0v) is 18.1. The van der Waals surface area contributed by atoms with Crippen molar-refractivity contribution in [3.8, 4) is 17.2 Å². The minimum Gasteiger partial charge on any atom is -0.508 e. The maximum atomic E-state index is 13.7. The zero-order valence-electron chi connectivity index (χ0n) is 18.1. The van der Waals surface area contributed by atoms with Gasteiger partial charge in [0.2, 0.25) is 0 Å². The van der Waals surface area contributed by atoms with Gasteiger partial charge < -0.3 is 14.9 Å². The Balaban J connectivity index is 2.10. The smallest absolute Gasteiger partial charge is 0.174 e. The molecule has 0 amide bonds. The average Bonchev–Trinajstić information content (AvgIpc) is 2.72. The Bertz CT molecular complexity index is 968. The summed E-state index contributed by atoms with van der Waals surface area (Å²) in [6.07, 6.45) is 5.82. The molecule has 3 rings (SSSR count). The molecule has 0 heterocycles. The lowest BCUT2D eigenvalue weighted by molar-refractivity contribution is 0.0872. The molecule has 1 aliphatic rings. The van der Waals surface area contributed by atoms with Crippen molar-refractivity contribution in [2.75, 3.05) is 7.11 Å². The number of allylic oxidation sites excluding steroid dienone is 4. The number of aromatic hydroxyl groups is 2. The molecule has 0 saturated carbocycles. The van der Waals surface area contributed by atoms with E-state index >= 15 is 0 Å². The first-order valence-electron chi connectivity index (χ1n) is 10.3. The van der Waals surface area contributed by atoms with Gasteiger partial charge in [0.15, 0.2) is 5.78 Å². The Labute approximate surface area is 178 Å². The van der Waals surface area contributed by atoms with E-state index in [9.17, 15) is 15.0 Å². The summed E-state index contributed by atoms with van der Waals surface area (Å²) >= 11 is 0. The Hall–Kier alpha value is -3.01. The molecule has 2 aromatic rings. The van der Waals surface area contributed by atoms with Gasteiger partial charge in [-0.05, 0) is 45.1 Å². The third-order valence-corrected chi connectivity index (χ3v) is 5.98. The molecule has 30 heavy (non-hydrogen) atoms. The van der Waals surface area contributed by atoms with Crippen molar-refractivity contribution < 1.29 is 19.7 Å². The Morgan fingerprint density at radius 1 is 1.17 bits per heavy atom. The molecule has 0 aliphatic heterocycles. The summed E-state index contributed by atoms with van der Waals surface area (Å²) in [6.45, 7) is 6.31. The van der Waals surface area contributed by atoms with Gasteiger partial charge >= 0.3 is 0 Å². The summed E-state index contributed by atoms with van der Waals surface area (Å²) in [5, 5.41) is 20.3. The number of Topliss-reactive ketones (excluding diaryl/α,β-unsaturated/α-hetero) is 1. The minimum atomic E-state index is -0.337. The van der Waals surface area contributed by atoms with Crippen LogP contribution in [0.25, 0.3) is 0 Å². The third-order valence-electron chi connectivity index (χ3n) is 5.98. The van der Waals surface area contributed by atoms with Crippen LogP contribution in [0.5, 0.6) is 17.2 Å². The number of rotatable bonds is 6. The van der Waals surface area contributed by atoms with Crippen LogP contribution >= 0.6 is 0 Å². The second-order valence-electron chi connectivity index (χ2n) is 8.26. The van der Waals surface area contributed by atoms with E-state index in [1.54, 1.807) is 0 Å². The van der Waals surface area contributed by atoms with Crippen LogP contribution in [0.1, 0.15) is 55.5 Å². The van der Waals surface area contributed by atoms with E-state index in [2.05, 4.69) is 45.1 Å². The summed E-state index contributed by atoms with van der Waals surface area (Å²) in [5.41, 5.74) is 3.79. The first-order chi connectivity index (χ1) is 14.3. The van der Waals surface area contributed by atoms with E-state index in [0.29, 0.717) is 6.42 Å². The van der Waals surface area contributed by atoms with Gasteiger partial charge in [0.1, 0.15) is 22.8 Å². The number of ketones is 1. The maximum Gasteiger partial charge on any atom is 0.174 e. The van der Waals surface area contributed by atoms with Crippen LogP contribution < -0.4 is 4.74 Å². The standard InChI is InChI=1S/C26H30O4/c1-16(2)10-12-20-17(3)11-13-21(24(20)18-8-6-5-7-9-18)26(29)25-22(28)14-19(27)15-23(25)30-4/h5-11,14-15,20-21,24,27-28H,12-13H2,1-4H3/t20-,21+,24+/m0/s1. The lowest BCUT2D eigenvalue weighted by atomic mass is 9.65. The van der Waals surface area contributed by atoms with Crippen LogP contribution in [0.15, 0.2) is 65.8 Å². The van der Waals surface area contributed by atoms with E-state index in [1.165, 1.54) is 30.4 Å². The SMILES string of the molecule is COc1cc(O)cc(O)c1C(=O)[C@@H]1CC=C(C)[C@H](CC=C(C)C)[C@H]1c1ccccc1. The lowest BCUT2D eigenvalue weighted by Crippen LogP contribution is -2.31.